The highest BCUT2D eigenvalue weighted by Crippen LogP contribution is 2.26. The summed E-state index contributed by atoms with van der Waals surface area (Å²) in [7, 11) is -3.93. The molecule has 0 aliphatic carbocycles. The summed E-state index contributed by atoms with van der Waals surface area (Å²) in [6, 6.07) is 19.5. The number of amides is 1. The van der Waals surface area contributed by atoms with Gasteiger partial charge in [-0.05, 0) is 103 Å². The molecule has 1 N–H and O–H groups in total. The van der Waals surface area contributed by atoms with Crippen LogP contribution in [0.4, 0.5) is 11.4 Å². The average molecular weight is 534 g/mol. The van der Waals surface area contributed by atoms with E-state index in [-0.39, 0.29) is 11.4 Å². The number of hydrogen-bond acceptors (Lipinski definition) is 3. The number of sulfonamides is 1. The van der Waals surface area contributed by atoms with Crippen molar-refractivity contribution < 1.29 is 13.2 Å². The van der Waals surface area contributed by atoms with Crippen LogP contribution in [0.5, 0.6) is 0 Å². The van der Waals surface area contributed by atoms with Gasteiger partial charge in [-0.1, -0.05) is 23.8 Å². The number of benzene rings is 3. The Balaban J connectivity index is 1.97. The molecule has 0 saturated carbocycles. The molecule has 0 bridgehead atoms. The van der Waals surface area contributed by atoms with Crippen molar-refractivity contribution in [3.63, 3.8) is 0 Å². The molecule has 0 atom stereocenters. The van der Waals surface area contributed by atoms with Gasteiger partial charge in [0.25, 0.3) is 10.0 Å². The number of halogens is 1. The molecule has 0 aliphatic heterocycles. The molecule has 3 rings (SSSR count). The number of rotatable bonds is 6. The Bertz CT molecular complexity index is 1140. The molecule has 0 spiro atoms. The van der Waals surface area contributed by atoms with Gasteiger partial charge in [0, 0.05) is 9.26 Å². The normalized spacial score (nSPS) is 11.2. The lowest BCUT2D eigenvalue weighted by Gasteiger charge is -2.25. The number of carbonyl (C=O) groups is 1. The van der Waals surface area contributed by atoms with Crippen LogP contribution in [0.15, 0.2) is 71.6 Å². The maximum Gasteiger partial charge on any atom is 0.264 e. The van der Waals surface area contributed by atoms with Gasteiger partial charge in [0.15, 0.2) is 0 Å². The van der Waals surface area contributed by atoms with Crippen LogP contribution in [0.25, 0.3) is 0 Å². The highest BCUT2D eigenvalue weighted by atomic mass is 127. The molecule has 0 heterocycles. The minimum absolute atomic E-state index is 0.148. The lowest BCUT2D eigenvalue weighted by molar-refractivity contribution is -0.114. The molecular formula is C23H23IN2O3S. The predicted molar refractivity (Wildman–Crippen MR) is 129 cm³/mol. The maximum atomic E-state index is 13.4. The number of nitrogens with one attached hydrogen (secondary N) is 1. The van der Waals surface area contributed by atoms with Gasteiger partial charge in [-0.15, -0.1) is 0 Å². The van der Waals surface area contributed by atoms with Crippen LogP contribution in [-0.4, -0.2) is 20.9 Å². The molecule has 1 amide bonds. The highest BCUT2D eigenvalue weighted by molar-refractivity contribution is 14.1. The molecule has 0 unspecified atom stereocenters. The molecule has 7 heteroatoms. The molecule has 0 saturated heterocycles. The second kappa shape index (κ2) is 9.18. The molecule has 0 aromatic heterocycles. The molecule has 0 fully saturated rings. The van der Waals surface area contributed by atoms with Crippen molar-refractivity contribution in [3.05, 3.63) is 87.0 Å². The van der Waals surface area contributed by atoms with Gasteiger partial charge in [-0.2, -0.15) is 0 Å². The third-order valence-electron chi connectivity index (χ3n) is 4.52. The summed E-state index contributed by atoms with van der Waals surface area (Å²) in [6.07, 6.45) is 0. The summed E-state index contributed by atoms with van der Waals surface area (Å²) in [5.41, 5.74) is 3.89. The Labute approximate surface area is 191 Å². The zero-order valence-corrected chi connectivity index (χ0v) is 20.0. The van der Waals surface area contributed by atoms with Gasteiger partial charge in [0.2, 0.25) is 5.91 Å². The van der Waals surface area contributed by atoms with E-state index in [0.29, 0.717) is 11.4 Å². The van der Waals surface area contributed by atoms with Gasteiger partial charge < -0.3 is 5.32 Å². The molecule has 30 heavy (non-hydrogen) atoms. The first kappa shape index (κ1) is 22.3. The molecule has 0 aliphatic rings. The van der Waals surface area contributed by atoms with Crippen LogP contribution >= 0.6 is 22.6 Å². The van der Waals surface area contributed by atoms with E-state index in [9.17, 15) is 13.2 Å². The fraction of sp³-hybridized carbons (Fsp3) is 0.174. The molecule has 3 aromatic rings. The SMILES string of the molecule is Cc1ccc(S(=O)(=O)N(CC(=O)Nc2ccc(I)cc2)c2cc(C)cc(C)c2)cc1. The largest absolute Gasteiger partial charge is 0.325 e. The van der Waals surface area contributed by atoms with Crippen molar-refractivity contribution in [2.45, 2.75) is 25.7 Å². The highest BCUT2D eigenvalue weighted by Gasteiger charge is 2.27. The monoisotopic (exact) mass is 534 g/mol. The Kier molecular flexibility index (Phi) is 6.82. The molecule has 156 valence electrons. The lowest BCUT2D eigenvalue weighted by Crippen LogP contribution is -2.38. The van der Waals surface area contributed by atoms with Gasteiger partial charge in [0.05, 0.1) is 10.6 Å². The molecule has 5 nitrogen and oxygen atoms in total. The number of hydrogen-bond donors (Lipinski definition) is 1. The first-order valence-electron chi connectivity index (χ1n) is 9.38. The Morgan fingerprint density at radius 3 is 2.00 bits per heavy atom. The fourth-order valence-corrected chi connectivity index (χ4v) is 4.88. The van der Waals surface area contributed by atoms with Crippen LogP contribution in [0.2, 0.25) is 0 Å². The van der Waals surface area contributed by atoms with Crippen molar-refractivity contribution in [3.8, 4) is 0 Å². The number of carbonyl (C=O) groups excluding carboxylic acids is 1. The lowest BCUT2D eigenvalue weighted by atomic mass is 10.1. The summed E-state index contributed by atoms with van der Waals surface area (Å²) >= 11 is 2.18. The summed E-state index contributed by atoms with van der Waals surface area (Å²) in [5, 5.41) is 2.78. The summed E-state index contributed by atoms with van der Waals surface area (Å²) in [4.78, 5) is 12.9. The third kappa shape index (κ3) is 5.40. The molecular weight excluding hydrogens is 511 g/mol. The first-order valence-corrected chi connectivity index (χ1v) is 11.9. The smallest absolute Gasteiger partial charge is 0.264 e. The summed E-state index contributed by atoms with van der Waals surface area (Å²) in [6.45, 7) is 5.37. The summed E-state index contributed by atoms with van der Waals surface area (Å²) in [5.74, 6) is -0.411. The number of aryl methyl sites for hydroxylation is 3. The minimum atomic E-state index is -3.93. The average Bonchev–Trinajstić information content (AvgIpc) is 2.67. The fourth-order valence-electron chi connectivity index (χ4n) is 3.11. The van der Waals surface area contributed by atoms with Crippen molar-refractivity contribution in [1.82, 2.24) is 0 Å². The Morgan fingerprint density at radius 1 is 0.867 bits per heavy atom. The van der Waals surface area contributed by atoms with E-state index >= 15 is 0 Å². The van der Waals surface area contributed by atoms with Crippen molar-refractivity contribution in [2.24, 2.45) is 0 Å². The van der Waals surface area contributed by atoms with E-state index in [4.69, 9.17) is 0 Å². The number of nitrogens with zero attached hydrogens (tertiary/aromatic N) is 1. The van der Waals surface area contributed by atoms with E-state index < -0.39 is 15.9 Å². The topological polar surface area (TPSA) is 66.5 Å². The summed E-state index contributed by atoms with van der Waals surface area (Å²) < 4.78 is 29.1. The maximum absolute atomic E-state index is 13.4. The minimum Gasteiger partial charge on any atom is -0.325 e. The third-order valence-corrected chi connectivity index (χ3v) is 7.03. The van der Waals surface area contributed by atoms with Gasteiger partial charge >= 0.3 is 0 Å². The van der Waals surface area contributed by atoms with Crippen molar-refractivity contribution in [2.75, 3.05) is 16.2 Å². The standard InChI is InChI=1S/C23H23IN2O3S/c1-16-4-10-22(11-5-16)30(28,29)26(21-13-17(2)12-18(3)14-21)15-23(27)25-20-8-6-19(24)7-9-20/h4-14H,15H2,1-3H3,(H,25,27). The van der Waals surface area contributed by atoms with Crippen molar-refractivity contribution in [1.29, 1.82) is 0 Å². The van der Waals surface area contributed by atoms with Crippen LogP contribution in [-0.2, 0) is 14.8 Å². The Morgan fingerprint density at radius 2 is 1.43 bits per heavy atom. The van der Waals surface area contributed by atoms with Gasteiger partial charge in [0.1, 0.15) is 6.54 Å². The first-order chi connectivity index (χ1) is 14.1. The number of anilines is 2. The zero-order valence-electron chi connectivity index (χ0n) is 17.0. The van der Waals surface area contributed by atoms with Crippen LogP contribution in [0.1, 0.15) is 16.7 Å². The van der Waals surface area contributed by atoms with E-state index in [1.54, 1.807) is 48.5 Å². The molecule has 0 radical (unpaired) electrons. The quantitative estimate of drug-likeness (QED) is 0.451. The van der Waals surface area contributed by atoms with Crippen LogP contribution in [0, 0.1) is 24.3 Å². The predicted octanol–water partition coefficient (Wildman–Crippen LogP) is 5.05. The van der Waals surface area contributed by atoms with E-state index in [2.05, 4.69) is 27.9 Å². The van der Waals surface area contributed by atoms with Gasteiger partial charge in [-0.3, -0.25) is 9.10 Å². The zero-order chi connectivity index (χ0) is 21.9. The molecule has 3 aromatic carbocycles. The van der Waals surface area contributed by atoms with Crippen molar-refractivity contribution >= 4 is 49.9 Å². The van der Waals surface area contributed by atoms with Crippen LogP contribution in [0.3, 0.4) is 0 Å². The van der Waals surface area contributed by atoms with Gasteiger partial charge in [-0.25, -0.2) is 8.42 Å². The Hall–Kier alpha value is -2.39. The van der Waals surface area contributed by atoms with E-state index in [0.717, 1.165) is 20.3 Å². The van der Waals surface area contributed by atoms with E-state index in [1.165, 1.54) is 4.31 Å². The van der Waals surface area contributed by atoms with E-state index in [1.807, 2.05) is 39.0 Å². The second-order valence-corrected chi connectivity index (χ2v) is 10.3. The second-order valence-electron chi connectivity index (χ2n) is 7.23. The van der Waals surface area contributed by atoms with Crippen LogP contribution < -0.4 is 9.62 Å².